The first-order chi connectivity index (χ1) is 67.5. The predicted molar refractivity (Wildman–Crippen MR) is 438 cm³/mol. The predicted octanol–water partition coefficient (Wildman–Crippen LogP) is -25.1. The van der Waals surface area contributed by atoms with E-state index < -0.39 is 458 Å². The summed E-state index contributed by atoms with van der Waals surface area (Å²) in [6.45, 7) is -8.50. The Morgan fingerprint density at radius 2 is 0.573 bits per heavy atom. The smallest absolute Gasteiger partial charge is 0.364 e. The Labute approximate surface area is 808 Å². The number of aliphatic hydroxyl groups is 31. The van der Waals surface area contributed by atoms with E-state index in [0.717, 1.165) is 34.6 Å². The molecular formula is C79H131N5O59. The van der Waals surface area contributed by atoms with Gasteiger partial charge in [-0.15, -0.1) is 0 Å². The van der Waals surface area contributed by atoms with E-state index in [0.29, 0.717) is 0 Å². The van der Waals surface area contributed by atoms with Crippen LogP contribution in [0.1, 0.15) is 41.0 Å². The Morgan fingerprint density at radius 1 is 0.287 bits per heavy atom. The van der Waals surface area contributed by atoms with Crippen molar-refractivity contribution in [3.8, 4) is 0 Å². The molecule has 11 aliphatic heterocycles. The van der Waals surface area contributed by atoms with Crippen LogP contribution in [0.3, 0.4) is 0 Å². The average Bonchev–Trinajstić information content (AvgIpc) is 0.780. The molecule has 11 saturated heterocycles. The van der Waals surface area contributed by atoms with Crippen molar-refractivity contribution in [3.63, 3.8) is 0 Å². The summed E-state index contributed by atoms with van der Waals surface area (Å²) < 4.78 is 125. The summed E-state index contributed by atoms with van der Waals surface area (Å²) in [6, 6.07) is -9.65. The van der Waals surface area contributed by atoms with Crippen LogP contribution in [0.2, 0.25) is 0 Å². The van der Waals surface area contributed by atoms with Crippen molar-refractivity contribution >= 4 is 35.5 Å². The first-order valence-electron chi connectivity index (χ1n) is 45.3. The van der Waals surface area contributed by atoms with Crippen molar-refractivity contribution in [2.24, 2.45) is 0 Å². The van der Waals surface area contributed by atoms with E-state index in [4.69, 9.17) is 99.5 Å². The first-order valence-corrected chi connectivity index (χ1v) is 45.3. The van der Waals surface area contributed by atoms with Gasteiger partial charge in [0.1, 0.15) is 262 Å². The van der Waals surface area contributed by atoms with Crippen LogP contribution in [-0.2, 0) is 128 Å². The van der Waals surface area contributed by atoms with Crippen molar-refractivity contribution in [1.82, 2.24) is 26.6 Å². The number of aliphatic hydroxyl groups excluding tert-OH is 31. The van der Waals surface area contributed by atoms with E-state index in [2.05, 4.69) is 26.6 Å². The average molecular weight is 2090 g/mol. The molecule has 0 bridgehead atoms. The van der Waals surface area contributed by atoms with Crippen molar-refractivity contribution in [2.75, 3.05) is 72.7 Å². The van der Waals surface area contributed by atoms with Gasteiger partial charge in [-0.25, -0.2) is 4.79 Å². The third-order valence-electron chi connectivity index (χ3n) is 25.9. The van der Waals surface area contributed by atoms with E-state index in [9.17, 15) is 192 Å². The lowest BCUT2D eigenvalue weighted by Gasteiger charge is -2.51. The Morgan fingerprint density at radius 3 is 0.972 bits per heavy atom. The summed E-state index contributed by atoms with van der Waals surface area (Å²) in [4.78, 5) is 77.3. The van der Waals surface area contributed by atoms with Crippen molar-refractivity contribution in [3.05, 3.63) is 0 Å². The number of rotatable bonds is 39. The molecule has 0 spiro atoms. The molecule has 0 radical (unpaired) electrons. The number of amides is 5. The van der Waals surface area contributed by atoms with Gasteiger partial charge in [0.05, 0.1) is 84.8 Å². The van der Waals surface area contributed by atoms with Crippen molar-refractivity contribution in [1.29, 1.82) is 0 Å². The first kappa shape index (κ1) is 118. The van der Waals surface area contributed by atoms with Crippen LogP contribution in [-0.4, -0.2) is 615 Å². The van der Waals surface area contributed by atoms with Crippen LogP contribution in [0.15, 0.2) is 0 Å². The van der Waals surface area contributed by atoms with Crippen LogP contribution in [0.25, 0.3) is 0 Å². The van der Waals surface area contributed by atoms with Gasteiger partial charge in [0.2, 0.25) is 29.5 Å². The third-order valence-corrected chi connectivity index (χ3v) is 25.9. The minimum absolute atomic E-state index is 0.847. The van der Waals surface area contributed by atoms with Gasteiger partial charge >= 0.3 is 5.97 Å². The molecule has 826 valence electrons. The molecule has 11 aliphatic rings. The molecule has 0 aromatic heterocycles. The standard InChI is InChI=1S/C79H131N5O59/c1-18(93)80-35-23(98)6-79(78(121)122,143-64(35)40(100)24(99)7-85)125-17-34-44(104)53(113)58(118)74(134-34)138-63-31(14-92)132-71(39(50(63)110)84-22(5)97)142-67-54(114)43(103)27(10-88)129-77(67)140-65-46(106)33(133-75(59(65)119)139-60-28(11-89)126-68(120)36(47(60)107)81-19(2)94)16-124-76-66(141-70-38(83-21(4)96)49(109)62(30(13-91)131-70)137-73-57(117)52(112)42(102)26(9-87)128-73)55(115)45(105)32(135-76)15-123-69-37(82-20(3)95)48(108)61(29(12-90)130-69)136-72-56(116)51(111)41(101)25(8-86)127-72/h23-77,85-92,98-120H,6-17H2,1-5H3,(H,80,93)(H,81,94)(H,82,95)(H,83,96)(H,84,97)(H,121,122)/t23-,24+,25+,26+,27+,28+,29+,30+,31+,32+,33+,34+,35+,36+,37+,38+,39+,40+,41-,42-,43+,44-,45+,46+,47+,48+,49+,50+,51-,52-,53-,54-,55-,56+,57+,58+,59-,60+,61+,62+,63+,64+,65-,66-,67-,68?,69+,70-,71-,72-,73-,74-,75-,76-,77+,79+/m0/s1. The van der Waals surface area contributed by atoms with Crippen LogP contribution in [0.4, 0.5) is 0 Å². The fraction of sp³-hybridized carbons (Fsp3) is 0.924. The number of carboxylic acids is 1. The zero-order chi connectivity index (χ0) is 106. The summed E-state index contributed by atoms with van der Waals surface area (Å²) in [7, 11) is 0. The number of ether oxygens (including phenoxy) is 21. The Hall–Kier alpha value is -5.26. The third kappa shape index (κ3) is 26.4. The number of aliphatic carboxylic acids is 1. The fourth-order valence-electron chi connectivity index (χ4n) is 18.3. The molecule has 56 atom stereocenters. The molecule has 5 amide bonds. The lowest BCUT2D eigenvalue weighted by Crippen LogP contribution is -2.70. The summed E-state index contributed by atoms with van der Waals surface area (Å²) >= 11 is 0. The van der Waals surface area contributed by atoms with Crippen LogP contribution < -0.4 is 26.6 Å². The Bertz CT molecular complexity index is 4030. The molecular weight excluding hydrogens is 1960 g/mol. The van der Waals surface area contributed by atoms with E-state index >= 15 is 0 Å². The Kier molecular flexibility index (Phi) is 42.3. The highest BCUT2D eigenvalue weighted by Gasteiger charge is 2.64. The topological polar surface area (TPSA) is 1000 Å². The highest BCUT2D eigenvalue weighted by Crippen LogP contribution is 2.43. The van der Waals surface area contributed by atoms with Crippen molar-refractivity contribution in [2.45, 2.75) is 384 Å². The van der Waals surface area contributed by atoms with Gasteiger partial charge in [-0.3, -0.25) is 24.0 Å². The van der Waals surface area contributed by atoms with Gasteiger partial charge in [0.25, 0.3) is 5.79 Å². The molecule has 11 rings (SSSR count). The van der Waals surface area contributed by atoms with Crippen LogP contribution >= 0.6 is 0 Å². The maximum absolute atomic E-state index is 13.3. The monoisotopic (exact) mass is 2090 g/mol. The maximum Gasteiger partial charge on any atom is 0.364 e. The number of nitrogens with one attached hydrogen (secondary N) is 5. The summed E-state index contributed by atoms with van der Waals surface area (Å²) in [5.74, 6) is -10.0. The van der Waals surface area contributed by atoms with Gasteiger partial charge in [-0.05, 0) is 0 Å². The summed E-state index contributed by atoms with van der Waals surface area (Å²) in [5, 5.41) is 370. The number of hydrogen-bond acceptors (Lipinski definition) is 58. The highest BCUT2D eigenvalue weighted by molar-refractivity contribution is 5.77. The van der Waals surface area contributed by atoms with Gasteiger partial charge in [0.15, 0.2) is 62.9 Å². The molecule has 0 aromatic rings. The lowest BCUT2D eigenvalue weighted by atomic mass is 9.88. The normalized spacial score (nSPS) is 47.8. The largest absolute Gasteiger partial charge is 0.477 e. The summed E-state index contributed by atoms with van der Waals surface area (Å²) in [6.07, 6.45) is -111. The van der Waals surface area contributed by atoms with Gasteiger partial charge in [0, 0.05) is 41.0 Å². The molecule has 11 heterocycles. The molecule has 1 unspecified atom stereocenters. The zero-order valence-electron chi connectivity index (χ0n) is 76.6. The molecule has 64 nitrogen and oxygen atoms in total. The number of hydrogen-bond donors (Lipinski definition) is 37. The zero-order valence-corrected chi connectivity index (χ0v) is 76.6. The van der Waals surface area contributed by atoms with Gasteiger partial charge in [-0.2, -0.15) is 0 Å². The number of carboxylic acid groups (broad SMARTS) is 1. The Balaban J connectivity index is 0.912. The van der Waals surface area contributed by atoms with E-state index in [1.54, 1.807) is 0 Å². The second kappa shape index (κ2) is 51.2. The van der Waals surface area contributed by atoms with Gasteiger partial charge in [-0.1, -0.05) is 0 Å². The maximum atomic E-state index is 13.3. The molecule has 64 heteroatoms. The number of carbonyl (C=O) groups excluding carboxylic acids is 5. The molecule has 11 fully saturated rings. The fourth-order valence-corrected chi connectivity index (χ4v) is 18.3. The molecule has 0 aliphatic carbocycles. The molecule has 37 N–H and O–H groups in total. The highest BCUT2D eigenvalue weighted by atomic mass is 16.8. The van der Waals surface area contributed by atoms with E-state index in [1.807, 2.05) is 0 Å². The molecule has 0 saturated carbocycles. The van der Waals surface area contributed by atoms with E-state index in [1.165, 1.54) is 0 Å². The summed E-state index contributed by atoms with van der Waals surface area (Å²) in [5.41, 5.74) is 0. The van der Waals surface area contributed by atoms with E-state index in [-0.39, 0.29) is 0 Å². The molecule has 0 aromatic carbocycles. The van der Waals surface area contributed by atoms with Crippen molar-refractivity contribution < 1.29 is 292 Å². The van der Waals surface area contributed by atoms with Crippen LogP contribution in [0.5, 0.6) is 0 Å². The van der Waals surface area contributed by atoms with Crippen LogP contribution in [0, 0.1) is 0 Å². The number of carbonyl (C=O) groups is 6. The molecule has 143 heavy (non-hydrogen) atoms. The lowest BCUT2D eigenvalue weighted by molar-refractivity contribution is -0.398. The second-order valence-electron chi connectivity index (χ2n) is 36.0. The second-order valence-corrected chi connectivity index (χ2v) is 36.0. The quantitative estimate of drug-likeness (QED) is 0.0272. The minimum atomic E-state index is -3.12. The minimum Gasteiger partial charge on any atom is -0.477 e. The SMILES string of the molecule is CC(=O)N[C@H]1[C@H](OC[C@H]2O[C@H](OC[C@H]3O[C@@H](O[C@H]4[C@H](O)[C@@H](NC(C)=O)C(O)O[C@@H]4CO)[C@@H](O)[C@@H](O[C@H]4O[C@H](CO)[C@@H](O)[C@H](O)[C@@H]4O[C@@H]4O[C@H](CO)[C@@H](O[C@@H]5O[C@H](CO[C@]6(C(=O)O)C[C@H](O)[C@@H](NC(C)=O)[C@H]([C@H](O)[C@H](O)CO)O6)[C@H](O)[C@H](O)[C@H]5O)[C@H](O)[C@H]4NC(C)=O)[C@@H]3O)[C@@H](O[C@@H]3O[C@H](CO)[C@@H](O[C@@H]4O[C@H](CO)[C@H](O)[C@H](O)[C@H]4O)[C@H](O)[C@H]3NC(C)=O)[C@@H](O)[C@@H]2O)O[C@H](CO)[C@@H](O[C@@H]2O[C@H](CO)[C@H](O)[C@H](O)[C@H]2O)[C@@H]1O. The van der Waals surface area contributed by atoms with Gasteiger partial charge < -0.3 is 289 Å².